The predicted molar refractivity (Wildman–Crippen MR) is 194 cm³/mol. The molecule has 0 radical (unpaired) electrons. The van der Waals surface area contributed by atoms with Crippen LogP contribution in [-0.4, -0.2) is 104 Å². The monoisotopic (exact) mass is 778 g/mol. The Kier molecular flexibility index (Phi) is 10.9. The number of tetrazole rings is 1. The van der Waals surface area contributed by atoms with Gasteiger partial charge in [-0.05, 0) is 80.8 Å². The summed E-state index contributed by atoms with van der Waals surface area (Å²) < 4.78 is 40.8. The van der Waals surface area contributed by atoms with Gasteiger partial charge in [-0.1, -0.05) is 25.0 Å². The van der Waals surface area contributed by atoms with E-state index in [0.717, 1.165) is 38.5 Å². The summed E-state index contributed by atoms with van der Waals surface area (Å²) in [6.07, 6.45) is 12.2. The normalized spacial score (nSPS) is 26.8. The third-order valence-electron chi connectivity index (χ3n) is 10.8. The van der Waals surface area contributed by atoms with Crippen molar-refractivity contribution in [2.45, 2.75) is 105 Å². The Hall–Kier alpha value is -5.33. The van der Waals surface area contributed by atoms with E-state index in [1.807, 2.05) is 12.2 Å². The summed E-state index contributed by atoms with van der Waals surface area (Å²) in [5.74, 6) is -1.56. The summed E-state index contributed by atoms with van der Waals surface area (Å²) in [4.78, 5) is 62.6. The van der Waals surface area contributed by atoms with Crippen molar-refractivity contribution in [3.05, 3.63) is 48.9 Å². The van der Waals surface area contributed by atoms with Gasteiger partial charge in [-0.3, -0.25) is 14.4 Å². The van der Waals surface area contributed by atoms with Crippen LogP contribution in [0.5, 0.6) is 5.75 Å². The third kappa shape index (κ3) is 8.35. The molecule has 4 amide bonds. The number of aromatic nitrogens is 6. The molecule has 294 valence electrons. The van der Waals surface area contributed by atoms with Crippen molar-refractivity contribution in [2.24, 2.45) is 13.0 Å². The van der Waals surface area contributed by atoms with Gasteiger partial charge in [0.15, 0.2) is 5.03 Å². The molecule has 2 aliphatic heterocycles. The highest BCUT2D eigenvalue weighted by Crippen LogP contribution is 2.46. The summed E-state index contributed by atoms with van der Waals surface area (Å²) in [6, 6.07) is 4.39. The standard InChI is InChI=1S/C36H46N10O8S/c1-44-21-30(37-22-44)55(51,52)42-34(49)36-19-24(36)10-6-4-3-5-7-13-28(38-35(50)54-27-11-8-9-12-27)33(48)45-20-25(18-29(45)32(47)39-36)46-41-31(40-43-46)23-14-16-26(53-2)17-15-23/h6,10,14-17,21-22,24-25,27-29H,3-5,7-9,11-13,18-20H2,1-2H3,(H,38,50)(H,39,47)(H,42,49)/b10-6-/t24-,25+,28-,29-,36+/m0/s1. The number of fused-ring (bicyclic) bond motifs is 2. The highest BCUT2D eigenvalue weighted by molar-refractivity contribution is 7.90. The van der Waals surface area contributed by atoms with Gasteiger partial charge in [0.25, 0.3) is 15.9 Å². The summed E-state index contributed by atoms with van der Waals surface area (Å²) in [5.41, 5.74) is -0.918. The molecular formula is C36H46N10O8S. The maximum absolute atomic E-state index is 14.5. The molecular weight excluding hydrogens is 733 g/mol. The number of hydrogen-bond acceptors (Lipinski definition) is 12. The number of nitrogens with one attached hydrogen (secondary N) is 3. The molecule has 3 fully saturated rings. The zero-order valence-corrected chi connectivity index (χ0v) is 31.6. The van der Waals surface area contributed by atoms with Crippen molar-refractivity contribution in [3.8, 4) is 17.1 Å². The van der Waals surface area contributed by atoms with E-state index in [2.05, 4.69) is 35.8 Å². The summed E-state index contributed by atoms with van der Waals surface area (Å²) in [7, 11) is -1.20. The Labute approximate surface area is 318 Å². The van der Waals surface area contributed by atoms with Crippen LogP contribution in [0.2, 0.25) is 0 Å². The van der Waals surface area contributed by atoms with Gasteiger partial charge in [0.05, 0.1) is 19.5 Å². The second-order valence-corrected chi connectivity index (χ2v) is 16.3. The quantitative estimate of drug-likeness (QED) is 0.280. The first-order valence-electron chi connectivity index (χ1n) is 18.7. The number of sulfonamides is 1. The van der Waals surface area contributed by atoms with Crippen LogP contribution >= 0.6 is 0 Å². The Morgan fingerprint density at radius 1 is 1.04 bits per heavy atom. The van der Waals surface area contributed by atoms with Gasteiger partial charge in [0, 0.05) is 37.7 Å². The van der Waals surface area contributed by atoms with E-state index in [-0.39, 0.29) is 30.5 Å². The summed E-state index contributed by atoms with van der Waals surface area (Å²) in [5, 5.41) is 18.4. The van der Waals surface area contributed by atoms with Crippen LogP contribution in [0.25, 0.3) is 11.4 Å². The first-order valence-corrected chi connectivity index (χ1v) is 20.2. The van der Waals surface area contributed by atoms with Crippen LogP contribution in [0, 0.1) is 5.92 Å². The molecule has 4 aliphatic rings. The summed E-state index contributed by atoms with van der Waals surface area (Å²) in [6.45, 7) is 0.00175. The fourth-order valence-corrected chi connectivity index (χ4v) is 8.65. The molecule has 3 N–H and O–H groups in total. The van der Waals surface area contributed by atoms with Crippen molar-refractivity contribution in [1.29, 1.82) is 0 Å². The second kappa shape index (κ2) is 15.8. The lowest BCUT2D eigenvalue weighted by Gasteiger charge is -2.30. The van der Waals surface area contributed by atoms with E-state index >= 15 is 0 Å². The number of carbonyl (C=O) groups is 4. The van der Waals surface area contributed by atoms with Crippen LogP contribution in [0.1, 0.15) is 76.7 Å². The third-order valence-corrected chi connectivity index (χ3v) is 12.0. The minimum absolute atomic E-state index is 0.00175. The van der Waals surface area contributed by atoms with Gasteiger partial charge >= 0.3 is 6.09 Å². The van der Waals surface area contributed by atoms with Crippen molar-refractivity contribution < 1.29 is 37.1 Å². The van der Waals surface area contributed by atoms with Crippen LogP contribution in [0.3, 0.4) is 0 Å². The van der Waals surface area contributed by atoms with Crippen molar-refractivity contribution in [2.75, 3.05) is 13.7 Å². The average molecular weight is 779 g/mol. The van der Waals surface area contributed by atoms with E-state index in [9.17, 15) is 27.6 Å². The van der Waals surface area contributed by atoms with Crippen LogP contribution in [0.15, 0.2) is 54.0 Å². The Bertz CT molecular complexity index is 2040. The fraction of sp³-hybridized carbons (Fsp3) is 0.556. The lowest BCUT2D eigenvalue weighted by atomic mass is 10.0. The zero-order valence-electron chi connectivity index (χ0n) is 30.8. The first-order chi connectivity index (χ1) is 26.5. The van der Waals surface area contributed by atoms with E-state index in [1.54, 1.807) is 38.4 Å². The number of methoxy groups -OCH3 is 1. The fourth-order valence-electron chi connectivity index (χ4n) is 7.63. The number of hydrogen-bond donors (Lipinski definition) is 3. The number of rotatable bonds is 8. The molecule has 0 bridgehead atoms. The average Bonchev–Trinajstić information content (AvgIpc) is 3.80. The molecule has 19 heteroatoms. The van der Waals surface area contributed by atoms with Gasteiger partial charge in [0.1, 0.15) is 29.5 Å². The molecule has 18 nitrogen and oxygen atoms in total. The molecule has 2 aromatic heterocycles. The maximum atomic E-state index is 14.5. The van der Waals surface area contributed by atoms with Crippen molar-refractivity contribution in [1.82, 2.24) is 50.0 Å². The van der Waals surface area contributed by atoms with E-state index in [4.69, 9.17) is 9.47 Å². The number of aryl methyl sites for hydroxylation is 1. The zero-order chi connectivity index (χ0) is 38.7. The van der Waals surface area contributed by atoms with Crippen LogP contribution < -0.4 is 20.1 Å². The molecule has 1 saturated heterocycles. The van der Waals surface area contributed by atoms with Gasteiger partial charge < -0.3 is 29.6 Å². The lowest BCUT2D eigenvalue weighted by molar-refractivity contribution is -0.141. The number of carbonyl (C=O) groups excluding carboxylic acids is 4. The topological polar surface area (TPSA) is 222 Å². The molecule has 2 aliphatic carbocycles. The summed E-state index contributed by atoms with van der Waals surface area (Å²) >= 11 is 0. The number of ether oxygens (including phenoxy) is 2. The number of alkyl carbamates (subject to hydrolysis) is 1. The van der Waals surface area contributed by atoms with Gasteiger partial charge in [-0.2, -0.15) is 13.2 Å². The molecule has 0 unspecified atom stereocenters. The van der Waals surface area contributed by atoms with Gasteiger partial charge in [-0.25, -0.2) is 14.5 Å². The Morgan fingerprint density at radius 3 is 2.53 bits per heavy atom. The molecule has 4 heterocycles. The minimum atomic E-state index is -4.36. The number of amides is 4. The van der Waals surface area contributed by atoms with Crippen LogP contribution in [0.4, 0.5) is 4.79 Å². The number of nitrogens with zero attached hydrogens (tertiary/aromatic N) is 7. The lowest BCUT2D eigenvalue weighted by Crippen LogP contribution is -2.58. The predicted octanol–water partition coefficient (Wildman–Crippen LogP) is 2.16. The van der Waals surface area contributed by atoms with Crippen LogP contribution in [-0.2, 0) is 36.2 Å². The maximum Gasteiger partial charge on any atom is 0.408 e. The highest BCUT2D eigenvalue weighted by atomic mass is 32.2. The molecule has 2 saturated carbocycles. The number of imidazole rings is 1. The first kappa shape index (κ1) is 38.0. The SMILES string of the molecule is COc1ccc(-c2nnn([C@@H]3C[C@H]4C(=O)N[C@]5(C(=O)NS(=O)(=O)c6cn(C)cn6)C[C@@H]5/C=C\CCCCC[C@H](NC(=O)OC5CCCC5)C(=O)N4C3)n2)cc1. The van der Waals surface area contributed by atoms with E-state index < -0.39 is 63.4 Å². The minimum Gasteiger partial charge on any atom is -0.497 e. The Balaban J connectivity index is 1.17. The number of allylic oxidation sites excluding steroid dienone is 1. The van der Waals surface area contributed by atoms with Gasteiger partial charge in [-0.15, -0.1) is 10.2 Å². The van der Waals surface area contributed by atoms with E-state index in [0.29, 0.717) is 36.4 Å². The van der Waals surface area contributed by atoms with Gasteiger partial charge in [0.2, 0.25) is 17.6 Å². The second-order valence-electron chi connectivity index (χ2n) is 14.7. The Morgan fingerprint density at radius 2 is 1.80 bits per heavy atom. The van der Waals surface area contributed by atoms with E-state index in [1.165, 1.54) is 26.8 Å². The number of benzene rings is 1. The smallest absolute Gasteiger partial charge is 0.408 e. The highest BCUT2D eigenvalue weighted by Gasteiger charge is 2.62. The van der Waals surface area contributed by atoms with Crippen molar-refractivity contribution in [3.63, 3.8) is 0 Å². The molecule has 1 aromatic carbocycles. The largest absolute Gasteiger partial charge is 0.497 e. The molecule has 55 heavy (non-hydrogen) atoms. The van der Waals surface area contributed by atoms with Crippen molar-refractivity contribution >= 4 is 33.8 Å². The molecule has 3 aromatic rings. The molecule has 0 spiro atoms. The molecule has 5 atom stereocenters. The molecule has 7 rings (SSSR count).